The second-order valence-electron chi connectivity index (χ2n) is 5.94. The van der Waals surface area contributed by atoms with Crippen LogP contribution in [0.15, 0.2) is 24.3 Å². The molecular formula is C18H29NO. The maximum atomic E-state index is 5.24. The molecule has 0 heterocycles. The average molecular weight is 275 g/mol. The van der Waals surface area contributed by atoms with Gasteiger partial charge in [-0.2, -0.15) is 0 Å². The molecular weight excluding hydrogens is 246 g/mol. The van der Waals surface area contributed by atoms with Gasteiger partial charge in [0.1, 0.15) is 5.75 Å². The molecule has 1 aliphatic rings. The molecule has 0 aliphatic heterocycles. The molecule has 0 aromatic heterocycles. The molecule has 0 saturated heterocycles. The van der Waals surface area contributed by atoms with Crippen molar-refractivity contribution in [1.29, 1.82) is 0 Å². The van der Waals surface area contributed by atoms with Crippen molar-refractivity contribution in [3.63, 3.8) is 0 Å². The minimum atomic E-state index is 0.477. The van der Waals surface area contributed by atoms with Gasteiger partial charge >= 0.3 is 0 Å². The standard InChI is InChI=1S/C18H29NO/c1-3-18(15-11-13-17(20-2)14-12-15)19-16-9-7-5-4-6-8-10-16/h11-14,16,18-19H,3-10H2,1-2H3. The van der Waals surface area contributed by atoms with Gasteiger partial charge in [-0.05, 0) is 37.0 Å². The first-order valence-corrected chi connectivity index (χ1v) is 8.23. The van der Waals surface area contributed by atoms with Gasteiger partial charge in [-0.1, -0.05) is 51.2 Å². The second kappa shape index (κ2) is 8.31. The zero-order chi connectivity index (χ0) is 14.2. The monoisotopic (exact) mass is 275 g/mol. The van der Waals surface area contributed by atoms with Gasteiger partial charge in [0.2, 0.25) is 0 Å². The fourth-order valence-corrected chi connectivity index (χ4v) is 3.19. The molecule has 1 aliphatic carbocycles. The smallest absolute Gasteiger partial charge is 0.118 e. The molecule has 20 heavy (non-hydrogen) atoms. The molecule has 1 fully saturated rings. The van der Waals surface area contributed by atoms with Crippen molar-refractivity contribution in [2.75, 3.05) is 7.11 Å². The Kier molecular flexibility index (Phi) is 6.38. The van der Waals surface area contributed by atoms with Gasteiger partial charge in [0, 0.05) is 12.1 Å². The molecule has 1 N–H and O–H groups in total. The third kappa shape index (κ3) is 4.52. The Hall–Kier alpha value is -1.02. The zero-order valence-electron chi connectivity index (χ0n) is 13.0. The van der Waals surface area contributed by atoms with Crippen molar-refractivity contribution in [2.24, 2.45) is 0 Å². The highest BCUT2D eigenvalue weighted by molar-refractivity contribution is 5.29. The predicted molar refractivity (Wildman–Crippen MR) is 85.3 cm³/mol. The molecule has 2 nitrogen and oxygen atoms in total. The molecule has 1 atom stereocenters. The fraction of sp³-hybridized carbons (Fsp3) is 0.667. The molecule has 0 amide bonds. The summed E-state index contributed by atoms with van der Waals surface area (Å²) in [6.45, 7) is 2.27. The minimum Gasteiger partial charge on any atom is -0.497 e. The van der Waals surface area contributed by atoms with E-state index in [-0.39, 0.29) is 0 Å². The van der Waals surface area contributed by atoms with Crippen LogP contribution in [0.25, 0.3) is 0 Å². The summed E-state index contributed by atoms with van der Waals surface area (Å²) in [6.07, 6.45) is 10.9. The van der Waals surface area contributed by atoms with Gasteiger partial charge in [-0.25, -0.2) is 0 Å². The normalized spacial score (nSPS) is 19.1. The van der Waals surface area contributed by atoms with Crippen molar-refractivity contribution in [3.05, 3.63) is 29.8 Å². The number of hydrogen-bond donors (Lipinski definition) is 1. The molecule has 1 aromatic carbocycles. The lowest BCUT2D eigenvalue weighted by Gasteiger charge is -2.27. The Morgan fingerprint density at radius 3 is 2.20 bits per heavy atom. The lowest BCUT2D eigenvalue weighted by atomic mass is 9.94. The topological polar surface area (TPSA) is 21.3 Å². The van der Waals surface area contributed by atoms with E-state index in [0.29, 0.717) is 12.1 Å². The second-order valence-corrected chi connectivity index (χ2v) is 5.94. The Morgan fingerprint density at radius 2 is 1.65 bits per heavy atom. The number of rotatable bonds is 5. The zero-order valence-corrected chi connectivity index (χ0v) is 13.0. The lowest BCUT2D eigenvalue weighted by Crippen LogP contribution is -2.33. The van der Waals surface area contributed by atoms with Crippen LogP contribution in [0.2, 0.25) is 0 Å². The van der Waals surface area contributed by atoms with E-state index in [2.05, 4.69) is 36.5 Å². The molecule has 0 bridgehead atoms. The highest BCUT2D eigenvalue weighted by Gasteiger charge is 2.16. The molecule has 0 spiro atoms. The molecule has 1 aromatic rings. The number of ether oxygens (including phenoxy) is 1. The van der Waals surface area contributed by atoms with Crippen LogP contribution in [0, 0.1) is 0 Å². The van der Waals surface area contributed by atoms with E-state index in [0.717, 1.165) is 12.2 Å². The highest BCUT2D eigenvalue weighted by Crippen LogP contribution is 2.24. The van der Waals surface area contributed by atoms with Crippen LogP contribution in [0.5, 0.6) is 5.75 Å². The van der Waals surface area contributed by atoms with Crippen LogP contribution in [-0.4, -0.2) is 13.2 Å². The predicted octanol–water partition coefficient (Wildman–Crippen LogP) is 4.85. The van der Waals surface area contributed by atoms with E-state index in [1.54, 1.807) is 7.11 Å². The summed E-state index contributed by atoms with van der Waals surface area (Å²) in [7, 11) is 1.72. The van der Waals surface area contributed by atoms with Gasteiger partial charge in [0.15, 0.2) is 0 Å². The van der Waals surface area contributed by atoms with Crippen molar-refractivity contribution in [3.8, 4) is 5.75 Å². The van der Waals surface area contributed by atoms with Gasteiger partial charge in [-0.3, -0.25) is 0 Å². The number of methoxy groups -OCH3 is 1. The summed E-state index contributed by atoms with van der Waals surface area (Å²) in [5, 5.41) is 3.89. The molecule has 0 radical (unpaired) electrons. The van der Waals surface area contributed by atoms with E-state index in [1.165, 1.54) is 50.5 Å². The number of benzene rings is 1. The minimum absolute atomic E-state index is 0.477. The Labute approximate surface area is 123 Å². The van der Waals surface area contributed by atoms with E-state index in [4.69, 9.17) is 4.74 Å². The first-order valence-electron chi connectivity index (χ1n) is 8.23. The highest BCUT2D eigenvalue weighted by atomic mass is 16.5. The molecule has 2 rings (SSSR count). The quantitative estimate of drug-likeness (QED) is 0.829. The van der Waals surface area contributed by atoms with Crippen LogP contribution in [0.4, 0.5) is 0 Å². The molecule has 112 valence electrons. The van der Waals surface area contributed by atoms with E-state index < -0.39 is 0 Å². The summed E-state index contributed by atoms with van der Waals surface area (Å²) >= 11 is 0. The van der Waals surface area contributed by atoms with Crippen molar-refractivity contribution < 1.29 is 4.74 Å². The van der Waals surface area contributed by atoms with Gasteiger partial charge in [-0.15, -0.1) is 0 Å². The average Bonchev–Trinajstić information content (AvgIpc) is 2.46. The SMILES string of the molecule is CCC(NC1CCCCCCC1)c1ccc(OC)cc1. The Bertz CT molecular complexity index is 366. The van der Waals surface area contributed by atoms with E-state index >= 15 is 0 Å². The van der Waals surface area contributed by atoms with Crippen molar-refractivity contribution in [2.45, 2.75) is 70.4 Å². The fourth-order valence-electron chi connectivity index (χ4n) is 3.19. The van der Waals surface area contributed by atoms with Crippen LogP contribution < -0.4 is 10.1 Å². The maximum absolute atomic E-state index is 5.24. The van der Waals surface area contributed by atoms with Crippen LogP contribution in [0.3, 0.4) is 0 Å². The Morgan fingerprint density at radius 1 is 1.05 bits per heavy atom. The summed E-state index contributed by atoms with van der Waals surface area (Å²) in [5.74, 6) is 0.939. The molecule has 2 heteroatoms. The number of nitrogens with one attached hydrogen (secondary N) is 1. The summed E-state index contributed by atoms with van der Waals surface area (Å²) in [5.41, 5.74) is 1.38. The molecule has 1 saturated carbocycles. The summed E-state index contributed by atoms with van der Waals surface area (Å²) in [6, 6.07) is 9.70. The Balaban J connectivity index is 1.95. The number of hydrogen-bond acceptors (Lipinski definition) is 2. The first kappa shape index (κ1) is 15.4. The largest absolute Gasteiger partial charge is 0.497 e. The van der Waals surface area contributed by atoms with Gasteiger partial charge in [0.05, 0.1) is 7.11 Å². The van der Waals surface area contributed by atoms with Crippen LogP contribution >= 0.6 is 0 Å². The first-order chi connectivity index (χ1) is 9.83. The van der Waals surface area contributed by atoms with Crippen LogP contribution in [-0.2, 0) is 0 Å². The summed E-state index contributed by atoms with van der Waals surface area (Å²) < 4.78 is 5.24. The van der Waals surface area contributed by atoms with Gasteiger partial charge in [0.25, 0.3) is 0 Å². The van der Waals surface area contributed by atoms with Crippen LogP contribution in [0.1, 0.15) is 69.9 Å². The maximum Gasteiger partial charge on any atom is 0.118 e. The van der Waals surface area contributed by atoms with E-state index in [9.17, 15) is 0 Å². The van der Waals surface area contributed by atoms with Crippen molar-refractivity contribution in [1.82, 2.24) is 5.32 Å². The lowest BCUT2D eigenvalue weighted by molar-refractivity contribution is 0.349. The third-order valence-electron chi connectivity index (χ3n) is 4.47. The summed E-state index contributed by atoms with van der Waals surface area (Å²) in [4.78, 5) is 0. The third-order valence-corrected chi connectivity index (χ3v) is 4.47. The van der Waals surface area contributed by atoms with Gasteiger partial charge < -0.3 is 10.1 Å². The molecule has 1 unspecified atom stereocenters. The van der Waals surface area contributed by atoms with E-state index in [1.807, 2.05) is 0 Å². The van der Waals surface area contributed by atoms with Crippen molar-refractivity contribution >= 4 is 0 Å².